The molecule has 1 aromatic rings. The van der Waals surface area contributed by atoms with E-state index in [1.807, 2.05) is 12.1 Å². The third-order valence-corrected chi connectivity index (χ3v) is 3.05. The van der Waals surface area contributed by atoms with Crippen LogP contribution >= 0.6 is 37.2 Å². The summed E-state index contributed by atoms with van der Waals surface area (Å²) in [4.78, 5) is 17.9. The second-order valence-electron chi connectivity index (χ2n) is 4.50. The Balaban J connectivity index is 0. The van der Waals surface area contributed by atoms with Gasteiger partial charge in [0.2, 0.25) is 5.91 Å². The second kappa shape index (κ2) is 13.8. The molecular weight excluding hydrogens is 347 g/mol. The van der Waals surface area contributed by atoms with E-state index >= 15 is 0 Å². The van der Waals surface area contributed by atoms with Crippen molar-refractivity contribution in [1.29, 1.82) is 0 Å². The summed E-state index contributed by atoms with van der Waals surface area (Å²) in [5.41, 5.74) is 0.930. The third kappa shape index (κ3) is 9.23. The number of pyridine rings is 1. The van der Waals surface area contributed by atoms with Crippen molar-refractivity contribution in [2.24, 2.45) is 0 Å². The van der Waals surface area contributed by atoms with Crippen LogP contribution in [0.2, 0.25) is 0 Å². The zero-order valence-corrected chi connectivity index (χ0v) is 14.7. The molecule has 0 radical (unpaired) electrons. The molecule has 1 saturated heterocycles. The first-order chi connectivity index (χ1) is 9.34. The average molecular weight is 370 g/mol. The van der Waals surface area contributed by atoms with E-state index in [0.717, 1.165) is 38.3 Å². The Morgan fingerprint density at radius 1 is 1.32 bits per heavy atom. The van der Waals surface area contributed by atoms with Crippen LogP contribution in [0.25, 0.3) is 6.08 Å². The number of nitrogens with zero attached hydrogens (tertiary/aromatic N) is 2. The quantitative estimate of drug-likeness (QED) is 0.770. The molecule has 2 rings (SSSR count). The van der Waals surface area contributed by atoms with Gasteiger partial charge in [0.25, 0.3) is 0 Å². The molecule has 0 spiro atoms. The molecule has 126 valence electrons. The number of rotatable bonds is 5. The summed E-state index contributed by atoms with van der Waals surface area (Å²) in [5, 5.41) is 6.20. The highest BCUT2D eigenvalue weighted by Crippen LogP contribution is 1.97. The summed E-state index contributed by atoms with van der Waals surface area (Å²) in [7, 11) is 0. The summed E-state index contributed by atoms with van der Waals surface area (Å²) >= 11 is 0. The minimum absolute atomic E-state index is 0. The topological polar surface area (TPSA) is 57.3 Å². The molecule has 1 aliphatic rings. The molecule has 0 saturated carbocycles. The Morgan fingerprint density at radius 3 is 2.68 bits per heavy atom. The molecule has 1 aliphatic heterocycles. The molecule has 0 atom stereocenters. The molecule has 5 nitrogen and oxygen atoms in total. The largest absolute Gasteiger partial charge is 0.351 e. The van der Waals surface area contributed by atoms with Crippen molar-refractivity contribution in [2.45, 2.75) is 0 Å². The van der Waals surface area contributed by atoms with Gasteiger partial charge in [-0.1, -0.05) is 6.07 Å². The minimum atomic E-state index is -0.0565. The molecule has 1 fully saturated rings. The Labute approximate surface area is 150 Å². The monoisotopic (exact) mass is 368 g/mol. The van der Waals surface area contributed by atoms with Crippen molar-refractivity contribution in [2.75, 3.05) is 39.3 Å². The fraction of sp³-hybridized carbons (Fsp3) is 0.429. The summed E-state index contributed by atoms with van der Waals surface area (Å²) < 4.78 is 0. The number of halogens is 3. The summed E-state index contributed by atoms with van der Waals surface area (Å²) in [6.07, 6.45) is 6.76. The SMILES string of the molecule is Cl.Cl.Cl.O=C(/C=C/c1cccnc1)NCCN1CCNCC1. The number of nitrogens with one attached hydrogen (secondary N) is 2. The smallest absolute Gasteiger partial charge is 0.244 e. The van der Waals surface area contributed by atoms with Crippen LogP contribution in [0.4, 0.5) is 0 Å². The second-order valence-corrected chi connectivity index (χ2v) is 4.50. The van der Waals surface area contributed by atoms with Gasteiger partial charge in [-0.3, -0.25) is 14.7 Å². The maximum atomic E-state index is 11.6. The van der Waals surface area contributed by atoms with Gasteiger partial charge in [0.15, 0.2) is 0 Å². The van der Waals surface area contributed by atoms with Gasteiger partial charge in [-0.2, -0.15) is 0 Å². The first-order valence-corrected chi connectivity index (χ1v) is 6.63. The predicted molar refractivity (Wildman–Crippen MR) is 97.3 cm³/mol. The maximum absolute atomic E-state index is 11.6. The summed E-state index contributed by atoms with van der Waals surface area (Å²) in [6, 6.07) is 3.76. The van der Waals surface area contributed by atoms with E-state index in [1.54, 1.807) is 24.5 Å². The predicted octanol–water partition coefficient (Wildman–Crippen LogP) is 1.38. The van der Waals surface area contributed by atoms with Crippen molar-refractivity contribution >= 4 is 49.2 Å². The average Bonchev–Trinajstić information content (AvgIpc) is 2.47. The van der Waals surface area contributed by atoms with Crippen molar-refractivity contribution < 1.29 is 4.79 Å². The van der Waals surface area contributed by atoms with Gasteiger partial charge in [0.05, 0.1) is 0 Å². The normalized spacial score (nSPS) is 14.4. The third-order valence-electron chi connectivity index (χ3n) is 3.05. The Morgan fingerprint density at radius 2 is 2.05 bits per heavy atom. The van der Waals surface area contributed by atoms with Gasteiger partial charge in [0.1, 0.15) is 0 Å². The van der Waals surface area contributed by atoms with Crippen LogP contribution in [-0.4, -0.2) is 55.1 Å². The number of hydrogen-bond donors (Lipinski definition) is 2. The fourth-order valence-corrected chi connectivity index (χ4v) is 1.98. The molecule has 8 heteroatoms. The van der Waals surface area contributed by atoms with Gasteiger partial charge in [-0.25, -0.2) is 0 Å². The van der Waals surface area contributed by atoms with Crippen LogP contribution in [-0.2, 0) is 4.79 Å². The zero-order chi connectivity index (χ0) is 13.3. The number of aromatic nitrogens is 1. The van der Waals surface area contributed by atoms with Crippen LogP contribution in [0.1, 0.15) is 5.56 Å². The number of piperazine rings is 1. The standard InChI is InChI=1S/C14H20N4O.3ClH/c19-14(4-3-13-2-1-5-16-12-13)17-8-11-18-9-6-15-7-10-18;;;/h1-5,12,15H,6-11H2,(H,17,19);3*1H/b4-3+;;;. The van der Waals surface area contributed by atoms with Gasteiger partial charge < -0.3 is 10.6 Å². The lowest BCUT2D eigenvalue weighted by Gasteiger charge is -2.26. The van der Waals surface area contributed by atoms with E-state index in [-0.39, 0.29) is 43.1 Å². The van der Waals surface area contributed by atoms with Crippen LogP contribution < -0.4 is 10.6 Å². The minimum Gasteiger partial charge on any atom is -0.351 e. The Kier molecular flexibility index (Phi) is 14.7. The van der Waals surface area contributed by atoms with E-state index in [1.165, 1.54) is 0 Å². The number of carbonyl (C=O) groups is 1. The molecule has 2 N–H and O–H groups in total. The van der Waals surface area contributed by atoms with Gasteiger partial charge in [-0.15, -0.1) is 37.2 Å². The first kappa shape index (κ1) is 23.4. The number of hydrogen-bond acceptors (Lipinski definition) is 4. The first-order valence-electron chi connectivity index (χ1n) is 6.63. The van der Waals surface area contributed by atoms with Gasteiger partial charge in [0, 0.05) is 57.7 Å². The van der Waals surface area contributed by atoms with E-state index in [4.69, 9.17) is 0 Å². The van der Waals surface area contributed by atoms with E-state index in [0.29, 0.717) is 6.54 Å². The van der Waals surface area contributed by atoms with Crippen molar-refractivity contribution in [3.05, 3.63) is 36.2 Å². The molecule has 1 amide bonds. The molecule has 22 heavy (non-hydrogen) atoms. The highest BCUT2D eigenvalue weighted by molar-refractivity contribution is 5.91. The lowest BCUT2D eigenvalue weighted by Crippen LogP contribution is -2.46. The molecule has 0 unspecified atom stereocenters. The summed E-state index contributed by atoms with van der Waals surface area (Å²) in [6.45, 7) is 5.79. The van der Waals surface area contributed by atoms with Crippen LogP contribution in [0.3, 0.4) is 0 Å². The molecule has 2 heterocycles. The summed E-state index contributed by atoms with van der Waals surface area (Å²) in [5.74, 6) is -0.0565. The maximum Gasteiger partial charge on any atom is 0.244 e. The zero-order valence-electron chi connectivity index (χ0n) is 12.2. The van der Waals surface area contributed by atoms with Crippen LogP contribution in [0.15, 0.2) is 30.6 Å². The van der Waals surface area contributed by atoms with Gasteiger partial charge >= 0.3 is 0 Å². The van der Waals surface area contributed by atoms with Gasteiger partial charge in [-0.05, 0) is 17.7 Å². The lowest BCUT2D eigenvalue weighted by atomic mass is 10.2. The molecule has 0 bridgehead atoms. The highest BCUT2D eigenvalue weighted by Gasteiger charge is 2.08. The van der Waals surface area contributed by atoms with Crippen LogP contribution in [0.5, 0.6) is 0 Å². The number of carbonyl (C=O) groups excluding carboxylic acids is 1. The van der Waals surface area contributed by atoms with Crippen molar-refractivity contribution in [3.63, 3.8) is 0 Å². The molecule has 1 aromatic heterocycles. The van der Waals surface area contributed by atoms with Crippen LogP contribution in [0, 0.1) is 0 Å². The lowest BCUT2D eigenvalue weighted by molar-refractivity contribution is -0.116. The van der Waals surface area contributed by atoms with E-state index < -0.39 is 0 Å². The van der Waals surface area contributed by atoms with E-state index in [9.17, 15) is 4.79 Å². The molecule has 0 aliphatic carbocycles. The van der Waals surface area contributed by atoms with E-state index in [2.05, 4.69) is 20.5 Å². The fourth-order valence-electron chi connectivity index (χ4n) is 1.98. The molecule has 0 aromatic carbocycles. The highest BCUT2D eigenvalue weighted by atomic mass is 35.5. The van der Waals surface area contributed by atoms with Crippen molar-refractivity contribution in [3.8, 4) is 0 Å². The Bertz CT molecular complexity index is 425. The number of amides is 1. The van der Waals surface area contributed by atoms with Crippen molar-refractivity contribution in [1.82, 2.24) is 20.5 Å². The Hall–Kier alpha value is -0.850. The molecular formula is C14H23Cl3N4O.